The number of urea groups is 1. The van der Waals surface area contributed by atoms with Crippen LogP contribution < -0.4 is 5.32 Å². The number of aryl methyl sites for hydroxylation is 1. The topological polar surface area (TPSA) is 113 Å². The summed E-state index contributed by atoms with van der Waals surface area (Å²) in [5.41, 5.74) is 0.761. The van der Waals surface area contributed by atoms with Gasteiger partial charge >= 0.3 is 12.0 Å². The van der Waals surface area contributed by atoms with E-state index >= 15 is 0 Å². The third-order valence-corrected chi connectivity index (χ3v) is 3.96. The summed E-state index contributed by atoms with van der Waals surface area (Å²) in [5, 5.41) is 21.2. The van der Waals surface area contributed by atoms with Gasteiger partial charge in [0.2, 0.25) is 0 Å². The standard InChI is InChI=1S/C11H12N6O3S/c1-6-5-21-10(12-6)13-11(20)16-2-7(3-16)17-4-8(9(18)19)14-15-17/h4-5,7H,2-3H2,1H3,(H,18,19)(H,12,13,20). The van der Waals surface area contributed by atoms with Crippen LogP contribution in [0.4, 0.5) is 9.93 Å². The number of carbonyl (C=O) groups excluding carboxylic acids is 1. The maximum Gasteiger partial charge on any atom is 0.358 e. The van der Waals surface area contributed by atoms with Gasteiger partial charge in [-0.25, -0.2) is 19.3 Å². The number of amides is 2. The molecule has 2 aromatic rings. The van der Waals surface area contributed by atoms with Crippen molar-refractivity contribution in [2.24, 2.45) is 0 Å². The van der Waals surface area contributed by atoms with Gasteiger partial charge in [0.05, 0.1) is 17.9 Å². The van der Waals surface area contributed by atoms with E-state index in [4.69, 9.17) is 5.11 Å². The van der Waals surface area contributed by atoms with Gasteiger partial charge in [0.1, 0.15) is 0 Å². The van der Waals surface area contributed by atoms with Crippen LogP contribution in [0.5, 0.6) is 0 Å². The summed E-state index contributed by atoms with van der Waals surface area (Å²) >= 11 is 1.37. The minimum absolute atomic E-state index is 0.0469. The Morgan fingerprint density at radius 3 is 2.81 bits per heavy atom. The van der Waals surface area contributed by atoms with Gasteiger partial charge in [-0.1, -0.05) is 5.21 Å². The largest absolute Gasteiger partial charge is 0.476 e. The second-order valence-electron chi connectivity index (χ2n) is 4.67. The third-order valence-electron chi connectivity index (χ3n) is 3.09. The molecule has 3 rings (SSSR count). The van der Waals surface area contributed by atoms with E-state index < -0.39 is 5.97 Å². The van der Waals surface area contributed by atoms with Crippen LogP contribution in [0.2, 0.25) is 0 Å². The maximum atomic E-state index is 11.9. The lowest BCUT2D eigenvalue weighted by Crippen LogP contribution is -2.52. The number of aromatic nitrogens is 4. The van der Waals surface area contributed by atoms with Crippen molar-refractivity contribution in [3.63, 3.8) is 0 Å². The summed E-state index contributed by atoms with van der Waals surface area (Å²) in [6.45, 7) is 2.77. The van der Waals surface area contributed by atoms with Crippen molar-refractivity contribution < 1.29 is 14.7 Å². The van der Waals surface area contributed by atoms with Crippen molar-refractivity contribution in [3.05, 3.63) is 23.0 Å². The number of thiazole rings is 1. The number of carboxylic acids is 1. The average Bonchev–Trinajstić information content (AvgIpc) is 2.97. The molecule has 1 aliphatic rings. The van der Waals surface area contributed by atoms with Crippen molar-refractivity contribution in [2.75, 3.05) is 18.4 Å². The molecule has 0 radical (unpaired) electrons. The molecule has 21 heavy (non-hydrogen) atoms. The summed E-state index contributed by atoms with van der Waals surface area (Å²) in [7, 11) is 0. The molecule has 2 aromatic heterocycles. The number of aromatic carboxylic acids is 1. The molecule has 2 N–H and O–H groups in total. The van der Waals surface area contributed by atoms with Crippen LogP contribution >= 0.6 is 11.3 Å². The zero-order valence-electron chi connectivity index (χ0n) is 11.1. The van der Waals surface area contributed by atoms with E-state index in [1.54, 1.807) is 4.90 Å². The van der Waals surface area contributed by atoms with E-state index in [0.717, 1.165) is 5.69 Å². The smallest absolute Gasteiger partial charge is 0.358 e. The number of likely N-dealkylation sites (tertiary alicyclic amines) is 1. The van der Waals surface area contributed by atoms with Crippen LogP contribution in [0.15, 0.2) is 11.6 Å². The Kier molecular flexibility index (Phi) is 3.29. The highest BCUT2D eigenvalue weighted by atomic mass is 32.1. The van der Waals surface area contributed by atoms with Crippen LogP contribution in [0.3, 0.4) is 0 Å². The van der Waals surface area contributed by atoms with Gasteiger partial charge in [-0.05, 0) is 6.92 Å². The van der Waals surface area contributed by atoms with Crippen molar-refractivity contribution >= 4 is 28.5 Å². The Bertz CT molecular complexity index is 690. The first kappa shape index (κ1) is 13.5. The summed E-state index contributed by atoms with van der Waals surface area (Å²) in [6, 6.07) is -0.270. The molecule has 2 amide bonds. The predicted molar refractivity (Wildman–Crippen MR) is 73.5 cm³/mol. The second-order valence-corrected chi connectivity index (χ2v) is 5.53. The summed E-state index contributed by atoms with van der Waals surface area (Å²) < 4.78 is 1.47. The molecule has 110 valence electrons. The summed E-state index contributed by atoms with van der Waals surface area (Å²) in [4.78, 5) is 28.4. The number of nitrogens with one attached hydrogen (secondary N) is 1. The predicted octanol–water partition coefficient (Wildman–Crippen LogP) is 0.830. The minimum Gasteiger partial charge on any atom is -0.476 e. The molecule has 0 spiro atoms. The van der Waals surface area contributed by atoms with Crippen LogP contribution in [0.25, 0.3) is 0 Å². The fraction of sp³-hybridized carbons (Fsp3) is 0.364. The maximum absolute atomic E-state index is 11.9. The molecule has 10 heteroatoms. The Hall–Kier alpha value is -2.49. The molecule has 3 heterocycles. The fourth-order valence-electron chi connectivity index (χ4n) is 1.92. The number of rotatable bonds is 3. The lowest BCUT2D eigenvalue weighted by atomic mass is 10.1. The number of carbonyl (C=O) groups is 2. The molecule has 1 fully saturated rings. The molecule has 0 bridgehead atoms. The first-order chi connectivity index (χ1) is 10.0. The number of nitrogens with zero attached hydrogens (tertiary/aromatic N) is 5. The molecule has 0 unspecified atom stereocenters. The van der Waals surface area contributed by atoms with Crippen molar-refractivity contribution in [2.45, 2.75) is 13.0 Å². The molecule has 0 saturated carbocycles. The lowest BCUT2D eigenvalue weighted by Gasteiger charge is -2.38. The summed E-state index contributed by atoms with van der Waals surface area (Å²) in [5.74, 6) is -1.12. The Morgan fingerprint density at radius 2 is 2.24 bits per heavy atom. The van der Waals surface area contributed by atoms with E-state index in [1.807, 2.05) is 12.3 Å². The molecule has 0 aliphatic carbocycles. The molecule has 1 saturated heterocycles. The minimum atomic E-state index is -1.12. The van der Waals surface area contributed by atoms with Gasteiger partial charge in [0, 0.05) is 18.5 Å². The van der Waals surface area contributed by atoms with Gasteiger partial charge in [-0.15, -0.1) is 16.4 Å². The molecule has 0 atom stereocenters. The van der Waals surface area contributed by atoms with Gasteiger partial charge in [-0.3, -0.25) is 5.32 Å². The Balaban J connectivity index is 1.55. The monoisotopic (exact) mass is 308 g/mol. The van der Waals surface area contributed by atoms with Gasteiger partial charge < -0.3 is 10.0 Å². The van der Waals surface area contributed by atoms with Crippen LogP contribution in [0, 0.1) is 6.92 Å². The van der Waals surface area contributed by atoms with E-state index in [1.165, 1.54) is 22.2 Å². The highest BCUT2D eigenvalue weighted by Crippen LogP contribution is 2.22. The van der Waals surface area contributed by atoms with E-state index in [2.05, 4.69) is 20.6 Å². The first-order valence-corrected chi connectivity index (χ1v) is 7.04. The highest BCUT2D eigenvalue weighted by Gasteiger charge is 2.33. The fourth-order valence-corrected chi connectivity index (χ4v) is 2.60. The first-order valence-electron chi connectivity index (χ1n) is 6.16. The highest BCUT2D eigenvalue weighted by molar-refractivity contribution is 7.13. The molecular weight excluding hydrogens is 296 g/mol. The average molecular weight is 308 g/mol. The zero-order valence-corrected chi connectivity index (χ0v) is 11.9. The zero-order chi connectivity index (χ0) is 15.0. The van der Waals surface area contributed by atoms with E-state index in [9.17, 15) is 9.59 Å². The number of carboxylic acid groups (broad SMARTS) is 1. The van der Waals surface area contributed by atoms with Gasteiger partial charge in [0.15, 0.2) is 10.8 Å². The van der Waals surface area contributed by atoms with E-state index in [0.29, 0.717) is 18.2 Å². The Labute approximate surface area is 123 Å². The van der Waals surface area contributed by atoms with Crippen LogP contribution in [-0.4, -0.2) is 55.1 Å². The molecular formula is C11H12N6O3S. The van der Waals surface area contributed by atoms with Crippen molar-refractivity contribution in [3.8, 4) is 0 Å². The molecule has 1 aliphatic heterocycles. The normalized spacial score (nSPS) is 14.8. The van der Waals surface area contributed by atoms with Crippen molar-refractivity contribution in [1.82, 2.24) is 24.9 Å². The Morgan fingerprint density at radius 1 is 1.48 bits per heavy atom. The quantitative estimate of drug-likeness (QED) is 0.868. The summed E-state index contributed by atoms with van der Waals surface area (Å²) in [6.07, 6.45) is 1.37. The lowest BCUT2D eigenvalue weighted by molar-refractivity contribution is 0.0690. The van der Waals surface area contributed by atoms with Gasteiger partial charge in [0.25, 0.3) is 0 Å². The number of hydrogen-bond acceptors (Lipinski definition) is 6. The van der Waals surface area contributed by atoms with Crippen molar-refractivity contribution in [1.29, 1.82) is 0 Å². The number of hydrogen-bond donors (Lipinski definition) is 2. The molecule has 0 aromatic carbocycles. The second kappa shape index (κ2) is 5.13. The van der Waals surface area contributed by atoms with Crippen LogP contribution in [0.1, 0.15) is 22.2 Å². The SMILES string of the molecule is Cc1csc(NC(=O)N2CC(n3cc(C(=O)O)nn3)C2)n1. The number of anilines is 1. The third kappa shape index (κ3) is 2.70. The van der Waals surface area contributed by atoms with Gasteiger partial charge in [-0.2, -0.15) is 0 Å². The van der Waals surface area contributed by atoms with Crippen LogP contribution in [-0.2, 0) is 0 Å². The molecule has 9 nitrogen and oxygen atoms in total. The van der Waals surface area contributed by atoms with E-state index in [-0.39, 0.29) is 17.8 Å².